The molecule has 4 N–H and O–H groups in total. The van der Waals surface area contributed by atoms with Crippen molar-refractivity contribution in [3.05, 3.63) is 0 Å². The Morgan fingerprint density at radius 1 is 1.73 bits per heavy atom. The zero-order chi connectivity index (χ0) is 9.07. The van der Waals surface area contributed by atoms with E-state index in [1.165, 1.54) is 0 Å². The maximum absolute atomic E-state index is 10.7. The van der Waals surface area contributed by atoms with E-state index in [0.29, 0.717) is 0 Å². The Labute approximate surface area is 64.7 Å². The van der Waals surface area contributed by atoms with E-state index in [-0.39, 0.29) is 12.7 Å². The third-order valence-corrected chi connectivity index (χ3v) is 2.31. The molecule has 6 heteroatoms. The Morgan fingerprint density at radius 3 is 2.27 bits per heavy atom. The monoisotopic (exact) mass is 181 g/mol. The van der Waals surface area contributed by atoms with Crippen molar-refractivity contribution in [3.63, 3.8) is 0 Å². The van der Waals surface area contributed by atoms with Crippen molar-refractivity contribution in [2.45, 2.75) is 0 Å². The predicted octanol–water partition coefficient (Wildman–Crippen LogP) is -0.454. The molecule has 5 nitrogen and oxygen atoms in total. The Balaban J connectivity index is 4.10. The van der Waals surface area contributed by atoms with Gasteiger partial charge in [-0.3, -0.25) is 9.36 Å². The van der Waals surface area contributed by atoms with Crippen LogP contribution in [0.1, 0.15) is 0 Å². The lowest BCUT2D eigenvalue weighted by atomic mass is 10.2. The number of nitrogens with two attached hydrogens (primary N) is 1. The van der Waals surface area contributed by atoms with Gasteiger partial charge in [0.2, 0.25) is 0 Å². The first-order chi connectivity index (χ1) is 4.87. The van der Waals surface area contributed by atoms with Crippen molar-refractivity contribution in [2.75, 3.05) is 19.4 Å². The number of carboxylic acids is 1. The van der Waals surface area contributed by atoms with E-state index >= 15 is 0 Å². The summed E-state index contributed by atoms with van der Waals surface area (Å²) in [6.07, 6.45) is -0.251. The summed E-state index contributed by atoms with van der Waals surface area (Å²) in [6, 6.07) is 0. The van der Waals surface area contributed by atoms with Crippen LogP contribution in [0.2, 0.25) is 0 Å². The van der Waals surface area contributed by atoms with E-state index in [1.54, 1.807) is 0 Å². The first-order valence-corrected chi connectivity index (χ1v) is 5.38. The maximum atomic E-state index is 10.7. The standard InChI is InChI=1S/C5H12NO4P/c1-11(9,10)3-4(2-6)5(7)8/h4H,2-3,6H2,1H3,(H,7,8)(H,9,10). The highest BCUT2D eigenvalue weighted by Gasteiger charge is 2.23. The lowest BCUT2D eigenvalue weighted by Crippen LogP contribution is -2.26. The number of hydrogen-bond donors (Lipinski definition) is 3. The minimum Gasteiger partial charge on any atom is -0.481 e. The molecular formula is C5H12NO4P. The smallest absolute Gasteiger partial charge is 0.308 e. The van der Waals surface area contributed by atoms with Gasteiger partial charge in [0.05, 0.1) is 5.92 Å². The van der Waals surface area contributed by atoms with Crippen molar-refractivity contribution >= 4 is 13.3 Å². The summed E-state index contributed by atoms with van der Waals surface area (Å²) in [6.45, 7) is 1.02. The molecule has 0 bridgehead atoms. The Morgan fingerprint density at radius 2 is 2.18 bits per heavy atom. The molecule has 0 aliphatic heterocycles. The van der Waals surface area contributed by atoms with E-state index in [4.69, 9.17) is 15.7 Å². The van der Waals surface area contributed by atoms with Crippen molar-refractivity contribution in [2.24, 2.45) is 11.7 Å². The van der Waals surface area contributed by atoms with Crippen LogP contribution in [0.4, 0.5) is 0 Å². The van der Waals surface area contributed by atoms with Gasteiger partial charge >= 0.3 is 5.97 Å². The second-order valence-corrected chi connectivity index (χ2v) is 4.97. The number of aliphatic carboxylic acids is 1. The number of carboxylic acid groups (broad SMARTS) is 1. The van der Waals surface area contributed by atoms with Gasteiger partial charge in [-0.15, -0.1) is 0 Å². The van der Waals surface area contributed by atoms with E-state index in [9.17, 15) is 9.36 Å². The Kier molecular flexibility index (Phi) is 3.72. The van der Waals surface area contributed by atoms with Crippen LogP contribution in [-0.4, -0.2) is 35.3 Å². The second-order valence-electron chi connectivity index (χ2n) is 2.50. The number of rotatable bonds is 4. The second kappa shape index (κ2) is 3.85. The topological polar surface area (TPSA) is 101 Å². The summed E-state index contributed by atoms with van der Waals surface area (Å²) in [5.74, 6) is -2.03. The molecule has 0 saturated heterocycles. The van der Waals surface area contributed by atoms with Crippen molar-refractivity contribution in [1.82, 2.24) is 0 Å². The summed E-state index contributed by atoms with van der Waals surface area (Å²) in [7, 11) is -3.25. The van der Waals surface area contributed by atoms with Gasteiger partial charge in [0, 0.05) is 19.4 Å². The van der Waals surface area contributed by atoms with E-state index in [1.807, 2.05) is 0 Å². The summed E-state index contributed by atoms with van der Waals surface area (Å²) >= 11 is 0. The van der Waals surface area contributed by atoms with Gasteiger partial charge in [0.25, 0.3) is 0 Å². The van der Waals surface area contributed by atoms with Gasteiger partial charge in [0.1, 0.15) is 0 Å². The molecule has 2 unspecified atom stereocenters. The Hall–Kier alpha value is -0.380. The highest BCUT2D eigenvalue weighted by atomic mass is 31.2. The van der Waals surface area contributed by atoms with Gasteiger partial charge in [-0.05, 0) is 0 Å². The summed E-state index contributed by atoms with van der Waals surface area (Å²) < 4.78 is 10.7. The van der Waals surface area contributed by atoms with E-state index in [0.717, 1.165) is 6.66 Å². The fourth-order valence-electron chi connectivity index (χ4n) is 0.662. The fourth-order valence-corrected chi connectivity index (χ4v) is 1.79. The normalized spacial score (nSPS) is 18.8. The molecule has 0 aliphatic rings. The lowest BCUT2D eigenvalue weighted by Gasteiger charge is -2.10. The summed E-state index contributed by atoms with van der Waals surface area (Å²) in [4.78, 5) is 19.1. The quantitative estimate of drug-likeness (QED) is 0.510. The third kappa shape index (κ3) is 4.95. The highest BCUT2D eigenvalue weighted by Crippen LogP contribution is 2.37. The molecular weight excluding hydrogens is 169 g/mol. The highest BCUT2D eigenvalue weighted by molar-refractivity contribution is 7.57. The van der Waals surface area contributed by atoms with Crippen molar-refractivity contribution < 1.29 is 19.4 Å². The molecule has 66 valence electrons. The van der Waals surface area contributed by atoms with Crippen LogP contribution in [0.3, 0.4) is 0 Å². The van der Waals surface area contributed by atoms with Gasteiger partial charge in [-0.25, -0.2) is 0 Å². The zero-order valence-electron chi connectivity index (χ0n) is 6.23. The van der Waals surface area contributed by atoms with Gasteiger partial charge in [-0.1, -0.05) is 0 Å². The molecule has 0 aromatic carbocycles. The van der Waals surface area contributed by atoms with Crippen LogP contribution < -0.4 is 5.73 Å². The molecule has 0 heterocycles. The van der Waals surface area contributed by atoms with Crippen molar-refractivity contribution in [1.29, 1.82) is 0 Å². The molecule has 11 heavy (non-hydrogen) atoms. The molecule has 0 saturated carbocycles. The van der Waals surface area contributed by atoms with Gasteiger partial charge < -0.3 is 15.7 Å². The molecule has 0 fully saturated rings. The van der Waals surface area contributed by atoms with Crippen molar-refractivity contribution in [3.8, 4) is 0 Å². The minimum absolute atomic E-state index is 0.103. The van der Waals surface area contributed by atoms with Crippen LogP contribution in [0.15, 0.2) is 0 Å². The van der Waals surface area contributed by atoms with Crippen LogP contribution in [0.25, 0.3) is 0 Å². The van der Waals surface area contributed by atoms with Crippen LogP contribution in [0, 0.1) is 5.92 Å². The zero-order valence-corrected chi connectivity index (χ0v) is 7.12. The average Bonchev–Trinajstić information content (AvgIpc) is 1.80. The number of hydrogen-bond acceptors (Lipinski definition) is 3. The van der Waals surface area contributed by atoms with Crippen LogP contribution in [0.5, 0.6) is 0 Å². The van der Waals surface area contributed by atoms with E-state index < -0.39 is 19.3 Å². The summed E-state index contributed by atoms with van der Waals surface area (Å²) in [5.41, 5.74) is 5.07. The summed E-state index contributed by atoms with van der Waals surface area (Å²) in [5, 5.41) is 8.42. The minimum atomic E-state index is -3.25. The molecule has 0 rings (SSSR count). The van der Waals surface area contributed by atoms with Gasteiger partial charge in [0.15, 0.2) is 7.37 Å². The Bertz CT molecular complexity index is 187. The molecule has 0 aromatic rings. The molecule has 0 aromatic heterocycles. The number of carbonyl (C=O) groups is 1. The molecule has 2 atom stereocenters. The van der Waals surface area contributed by atoms with E-state index in [2.05, 4.69) is 0 Å². The predicted molar refractivity (Wildman–Crippen MR) is 40.8 cm³/mol. The molecule has 0 aliphatic carbocycles. The molecule has 0 amide bonds. The first kappa shape index (κ1) is 10.6. The average molecular weight is 181 g/mol. The fraction of sp³-hybridized carbons (Fsp3) is 0.800. The SMILES string of the molecule is CP(=O)(O)CC(CN)C(=O)O. The van der Waals surface area contributed by atoms with Crippen LogP contribution >= 0.6 is 7.37 Å². The first-order valence-electron chi connectivity index (χ1n) is 3.09. The van der Waals surface area contributed by atoms with Gasteiger partial charge in [-0.2, -0.15) is 0 Å². The molecule has 0 radical (unpaired) electrons. The van der Waals surface area contributed by atoms with Crippen LogP contribution in [-0.2, 0) is 9.36 Å². The largest absolute Gasteiger partial charge is 0.481 e. The maximum Gasteiger partial charge on any atom is 0.308 e. The third-order valence-electron chi connectivity index (χ3n) is 1.19. The molecule has 0 spiro atoms. The lowest BCUT2D eigenvalue weighted by molar-refractivity contribution is -0.140.